The van der Waals surface area contributed by atoms with Gasteiger partial charge in [-0.25, -0.2) is 18.2 Å². The third kappa shape index (κ3) is 5.45. The van der Waals surface area contributed by atoms with Crippen molar-refractivity contribution in [3.05, 3.63) is 63.7 Å². The number of halogens is 6. The molecule has 0 radical (unpaired) electrons. The number of benzene rings is 1. The Morgan fingerprint density at radius 3 is 2.21 bits per heavy atom. The number of aliphatic hydroxyl groups is 2. The number of amides is 1. The van der Waals surface area contributed by atoms with Gasteiger partial charge < -0.3 is 20.4 Å². The van der Waals surface area contributed by atoms with Crippen LogP contribution in [0.25, 0.3) is 16.7 Å². The van der Waals surface area contributed by atoms with Crippen LogP contribution in [0.5, 0.6) is 0 Å². The van der Waals surface area contributed by atoms with E-state index in [1.807, 2.05) is 0 Å². The molecule has 0 bridgehead atoms. The van der Waals surface area contributed by atoms with Crippen molar-refractivity contribution in [3.8, 4) is 5.69 Å². The number of carbonyl (C=O) groups excluding carboxylic acids is 1. The molecule has 0 unspecified atom stereocenters. The van der Waals surface area contributed by atoms with Gasteiger partial charge in [-0.2, -0.15) is 13.2 Å². The van der Waals surface area contributed by atoms with Gasteiger partial charge in [-0.3, -0.25) is 14.2 Å². The Balaban J connectivity index is 1.91. The van der Waals surface area contributed by atoms with Gasteiger partial charge in [0, 0.05) is 37.0 Å². The Morgan fingerprint density at radius 2 is 1.66 bits per heavy atom. The fourth-order valence-electron chi connectivity index (χ4n) is 4.34. The summed E-state index contributed by atoms with van der Waals surface area (Å²) < 4.78 is 82.7. The van der Waals surface area contributed by atoms with Gasteiger partial charge in [-0.05, 0) is 26.0 Å². The van der Waals surface area contributed by atoms with E-state index in [-0.39, 0.29) is 29.9 Å². The number of aliphatic hydroxyl groups excluding tert-OH is 2. The van der Waals surface area contributed by atoms with Crippen molar-refractivity contribution in [3.63, 3.8) is 0 Å². The third-order valence-corrected chi connectivity index (χ3v) is 5.98. The highest BCUT2D eigenvalue weighted by Gasteiger charge is 2.38. The summed E-state index contributed by atoms with van der Waals surface area (Å²) in [5.41, 5.74) is -4.82. The standard InChI is InChI=1S/C24H22F6N4O4/c1-23(2,10-24(28,29)30)32-22(38)13-7-34(19-14(26)5-11(25)6-15(19)27)21-12(20(13)37)3-4-18(31-21)33-8-16(35)17(36)9-33/h3-7,16-17,35-36H,8-10H2,1-2H3,(H,32,38)/t16-,17+. The van der Waals surface area contributed by atoms with E-state index < -0.39 is 70.4 Å². The average Bonchev–Trinajstić information content (AvgIpc) is 3.10. The first-order valence-electron chi connectivity index (χ1n) is 11.3. The normalized spacial score (nSPS) is 18.3. The van der Waals surface area contributed by atoms with Crippen molar-refractivity contribution in [2.75, 3.05) is 18.0 Å². The lowest BCUT2D eigenvalue weighted by atomic mass is 9.99. The fourth-order valence-corrected chi connectivity index (χ4v) is 4.34. The quantitative estimate of drug-likeness (QED) is 0.427. The van der Waals surface area contributed by atoms with E-state index in [1.165, 1.54) is 17.0 Å². The molecule has 3 aromatic rings. The molecular formula is C24H22F6N4O4. The molecule has 2 aromatic heterocycles. The second-order valence-electron chi connectivity index (χ2n) is 9.67. The molecule has 1 aromatic carbocycles. The van der Waals surface area contributed by atoms with E-state index in [2.05, 4.69) is 10.3 Å². The summed E-state index contributed by atoms with van der Waals surface area (Å²) in [7, 11) is 0. The lowest BCUT2D eigenvalue weighted by molar-refractivity contribution is -0.146. The molecule has 8 nitrogen and oxygen atoms in total. The second kappa shape index (κ2) is 9.58. The monoisotopic (exact) mass is 544 g/mol. The summed E-state index contributed by atoms with van der Waals surface area (Å²) in [4.78, 5) is 31.8. The molecule has 204 valence electrons. The molecule has 1 aliphatic rings. The number of β-amino-alcohol motifs (C(OH)–C–C–N with tert-alkyl or cyclic N) is 2. The summed E-state index contributed by atoms with van der Waals surface area (Å²) in [6, 6.07) is 3.23. The molecule has 4 rings (SSSR count). The summed E-state index contributed by atoms with van der Waals surface area (Å²) in [6.45, 7) is 2.09. The van der Waals surface area contributed by atoms with Crippen molar-refractivity contribution in [2.24, 2.45) is 0 Å². The Hall–Kier alpha value is -3.65. The average molecular weight is 544 g/mol. The van der Waals surface area contributed by atoms with E-state index in [0.717, 1.165) is 13.8 Å². The number of nitrogens with one attached hydrogen (secondary N) is 1. The minimum atomic E-state index is -4.64. The largest absolute Gasteiger partial charge is 0.391 e. The van der Waals surface area contributed by atoms with Gasteiger partial charge in [-0.15, -0.1) is 0 Å². The molecule has 1 amide bonds. The number of carbonyl (C=O) groups is 1. The topological polar surface area (TPSA) is 108 Å². The molecule has 0 aliphatic carbocycles. The predicted octanol–water partition coefficient (Wildman–Crippen LogP) is 2.81. The SMILES string of the molecule is CC(C)(CC(F)(F)F)NC(=O)c1cn(-c2c(F)cc(F)cc2F)c2nc(N3C[C@@H](O)[C@@H](O)C3)ccc2c1=O. The van der Waals surface area contributed by atoms with Crippen LogP contribution in [-0.2, 0) is 0 Å². The molecule has 0 saturated carbocycles. The molecule has 38 heavy (non-hydrogen) atoms. The van der Waals surface area contributed by atoms with E-state index in [0.29, 0.717) is 22.9 Å². The molecule has 3 heterocycles. The van der Waals surface area contributed by atoms with Gasteiger partial charge in [0.1, 0.15) is 22.9 Å². The number of hydrogen-bond donors (Lipinski definition) is 3. The van der Waals surface area contributed by atoms with Crippen molar-refractivity contribution in [2.45, 2.75) is 44.2 Å². The summed E-state index contributed by atoms with van der Waals surface area (Å²) in [5.74, 6) is -5.19. The van der Waals surface area contributed by atoms with Gasteiger partial charge in [0.2, 0.25) is 5.43 Å². The number of pyridine rings is 2. The molecule has 3 N–H and O–H groups in total. The first kappa shape index (κ1) is 27.4. The molecular weight excluding hydrogens is 522 g/mol. The van der Waals surface area contributed by atoms with E-state index in [1.54, 1.807) is 0 Å². The van der Waals surface area contributed by atoms with Crippen LogP contribution < -0.4 is 15.6 Å². The first-order valence-corrected chi connectivity index (χ1v) is 11.3. The zero-order chi connectivity index (χ0) is 28.2. The Labute approximate surface area is 211 Å². The van der Waals surface area contributed by atoms with E-state index in [9.17, 15) is 46.1 Å². The van der Waals surface area contributed by atoms with Crippen molar-refractivity contribution in [1.29, 1.82) is 0 Å². The van der Waals surface area contributed by atoms with E-state index >= 15 is 0 Å². The van der Waals surface area contributed by atoms with Crippen LogP contribution in [0.3, 0.4) is 0 Å². The molecule has 1 aliphatic heterocycles. The zero-order valence-corrected chi connectivity index (χ0v) is 20.0. The Kier molecular flexibility index (Phi) is 6.91. The zero-order valence-electron chi connectivity index (χ0n) is 20.0. The maximum absolute atomic E-state index is 14.8. The minimum absolute atomic E-state index is 0.0437. The van der Waals surface area contributed by atoms with Crippen molar-refractivity contribution in [1.82, 2.24) is 14.9 Å². The minimum Gasteiger partial charge on any atom is -0.389 e. The van der Waals surface area contributed by atoms with Crippen LogP contribution in [0.15, 0.2) is 35.3 Å². The van der Waals surface area contributed by atoms with Gasteiger partial charge >= 0.3 is 6.18 Å². The van der Waals surface area contributed by atoms with Gasteiger partial charge in [-0.1, -0.05) is 0 Å². The number of anilines is 1. The van der Waals surface area contributed by atoms with Crippen molar-refractivity contribution < 1.29 is 41.4 Å². The number of rotatable bonds is 5. The molecule has 2 atom stereocenters. The third-order valence-electron chi connectivity index (χ3n) is 5.98. The fraction of sp³-hybridized carbons (Fsp3) is 0.375. The van der Waals surface area contributed by atoms with Crippen LogP contribution in [0.2, 0.25) is 0 Å². The van der Waals surface area contributed by atoms with E-state index in [4.69, 9.17) is 0 Å². The number of nitrogens with zero attached hydrogens (tertiary/aromatic N) is 3. The molecule has 1 fully saturated rings. The lowest BCUT2D eigenvalue weighted by Crippen LogP contribution is -2.47. The van der Waals surface area contributed by atoms with Gasteiger partial charge in [0.05, 0.1) is 24.0 Å². The molecule has 14 heteroatoms. The Morgan fingerprint density at radius 1 is 1.08 bits per heavy atom. The first-order chi connectivity index (χ1) is 17.6. The number of fused-ring (bicyclic) bond motifs is 1. The molecule has 1 saturated heterocycles. The van der Waals surface area contributed by atoms with Crippen LogP contribution in [0.4, 0.5) is 32.2 Å². The number of hydrogen-bond acceptors (Lipinski definition) is 6. The van der Waals surface area contributed by atoms with Gasteiger partial charge in [0.25, 0.3) is 5.91 Å². The smallest absolute Gasteiger partial charge is 0.389 e. The summed E-state index contributed by atoms with van der Waals surface area (Å²) in [5, 5.41) is 21.5. The maximum atomic E-state index is 14.8. The lowest BCUT2D eigenvalue weighted by Gasteiger charge is -2.27. The van der Waals surface area contributed by atoms with Gasteiger partial charge in [0.15, 0.2) is 17.3 Å². The van der Waals surface area contributed by atoms with Crippen molar-refractivity contribution >= 4 is 22.8 Å². The molecule has 0 spiro atoms. The highest BCUT2D eigenvalue weighted by atomic mass is 19.4. The highest BCUT2D eigenvalue weighted by Crippen LogP contribution is 2.29. The number of alkyl halides is 3. The second-order valence-corrected chi connectivity index (χ2v) is 9.67. The highest BCUT2D eigenvalue weighted by molar-refractivity contribution is 5.97. The van der Waals surface area contributed by atoms with Crippen LogP contribution >= 0.6 is 0 Å². The number of aromatic nitrogens is 2. The summed E-state index contributed by atoms with van der Waals surface area (Å²) >= 11 is 0. The maximum Gasteiger partial charge on any atom is 0.391 e. The van der Waals surface area contributed by atoms with Crippen LogP contribution in [0, 0.1) is 17.5 Å². The van der Waals surface area contributed by atoms with Crippen LogP contribution in [0.1, 0.15) is 30.6 Å². The van der Waals surface area contributed by atoms with Crippen LogP contribution in [-0.4, -0.2) is 62.7 Å². The predicted molar refractivity (Wildman–Crippen MR) is 124 cm³/mol. The Bertz CT molecular complexity index is 1440. The summed E-state index contributed by atoms with van der Waals surface area (Å²) in [6.07, 6.45) is -7.56.